The summed E-state index contributed by atoms with van der Waals surface area (Å²) in [7, 11) is 1.55. The van der Waals surface area contributed by atoms with Gasteiger partial charge in [0.15, 0.2) is 0 Å². The third-order valence-electron chi connectivity index (χ3n) is 3.50. The first kappa shape index (κ1) is 18.4. The largest absolute Gasteiger partial charge is 0.460 e. The van der Waals surface area contributed by atoms with E-state index in [-0.39, 0.29) is 36.3 Å². The van der Waals surface area contributed by atoms with Crippen LogP contribution in [0.15, 0.2) is 10.7 Å². The van der Waals surface area contributed by atoms with E-state index in [9.17, 15) is 4.79 Å². The molecule has 1 fully saturated rings. The Labute approximate surface area is 148 Å². The van der Waals surface area contributed by atoms with Crippen molar-refractivity contribution >= 4 is 39.3 Å². The van der Waals surface area contributed by atoms with Crippen LogP contribution in [-0.4, -0.2) is 48.1 Å². The summed E-state index contributed by atoms with van der Waals surface area (Å²) in [6.07, 6.45) is 3.41. The lowest BCUT2D eigenvalue weighted by Crippen LogP contribution is -2.49. The predicted molar refractivity (Wildman–Crippen MR) is 88.3 cm³/mol. The Balaban J connectivity index is 2.15. The molecular weight excluding hydrogens is 390 g/mol. The van der Waals surface area contributed by atoms with Gasteiger partial charge in [-0.15, -0.1) is 0 Å². The van der Waals surface area contributed by atoms with Gasteiger partial charge in [-0.1, -0.05) is 0 Å². The van der Waals surface area contributed by atoms with Crippen LogP contribution < -0.4 is 5.32 Å². The molecule has 0 amide bonds. The van der Waals surface area contributed by atoms with E-state index in [2.05, 4.69) is 31.2 Å². The van der Waals surface area contributed by atoms with Crippen molar-refractivity contribution in [3.63, 3.8) is 0 Å². The van der Waals surface area contributed by atoms with Crippen molar-refractivity contribution in [2.75, 3.05) is 19.2 Å². The fourth-order valence-corrected chi connectivity index (χ4v) is 3.05. The van der Waals surface area contributed by atoms with Gasteiger partial charge in [-0.2, -0.15) is 4.98 Å². The molecule has 1 N–H and O–H groups in total. The molecule has 0 radical (unpaired) electrons. The van der Waals surface area contributed by atoms with Gasteiger partial charge in [0.25, 0.3) is 0 Å². The number of nitrogens with zero attached hydrogens (tertiary/aromatic N) is 2. The second kappa shape index (κ2) is 8.77. The van der Waals surface area contributed by atoms with Crippen molar-refractivity contribution in [2.45, 2.75) is 44.4 Å². The van der Waals surface area contributed by atoms with Crippen molar-refractivity contribution in [1.82, 2.24) is 9.97 Å². The van der Waals surface area contributed by atoms with Crippen molar-refractivity contribution < 1.29 is 19.0 Å². The van der Waals surface area contributed by atoms with Crippen LogP contribution in [0, 0.1) is 0 Å². The van der Waals surface area contributed by atoms with Crippen LogP contribution in [0.25, 0.3) is 0 Å². The normalized spacial score (nSPS) is 24.3. The molecule has 0 unspecified atom stereocenters. The molecule has 0 bridgehead atoms. The SMILES string of the molecule is COCO[C@H]1[C@@H](Nc2nc(Cl)ncc2Br)CCC[C@@H]1OC(C)=O. The summed E-state index contributed by atoms with van der Waals surface area (Å²) >= 11 is 9.24. The molecule has 1 aromatic heterocycles. The molecule has 23 heavy (non-hydrogen) atoms. The molecule has 0 aromatic carbocycles. The molecule has 128 valence electrons. The van der Waals surface area contributed by atoms with E-state index in [4.69, 9.17) is 25.8 Å². The molecule has 2 rings (SSSR count). The van der Waals surface area contributed by atoms with Crippen molar-refractivity contribution in [2.24, 2.45) is 0 Å². The van der Waals surface area contributed by atoms with Crippen LogP contribution in [0.5, 0.6) is 0 Å². The van der Waals surface area contributed by atoms with Gasteiger partial charge in [0, 0.05) is 20.2 Å². The van der Waals surface area contributed by atoms with Crippen LogP contribution in [-0.2, 0) is 19.0 Å². The highest BCUT2D eigenvalue weighted by Gasteiger charge is 2.37. The molecule has 1 aliphatic rings. The zero-order valence-electron chi connectivity index (χ0n) is 12.9. The molecule has 9 heteroatoms. The highest BCUT2D eigenvalue weighted by Crippen LogP contribution is 2.29. The van der Waals surface area contributed by atoms with Gasteiger partial charge < -0.3 is 19.5 Å². The first-order valence-electron chi connectivity index (χ1n) is 7.23. The number of esters is 1. The van der Waals surface area contributed by atoms with E-state index in [0.717, 1.165) is 19.3 Å². The number of anilines is 1. The van der Waals surface area contributed by atoms with Crippen molar-refractivity contribution in [1.29, 1.82) is 0 Å². The molecule has 0 saturated heterocycles. The highest BCUT2D eigenvalue weighted by molar-refractivity contribution is 9.10. The Morgan fingerprint density at radius 1 is 1.52 bits per heavy atom. The minimum atomic E-state index is -0.340. The minimum Gasteiger partial charge on any atom is -0.460 e. The van der Waals surface area contributed by atoms with Gasteiger partial charge in [0.1, 0.15) is 24.8 Å². The summed E-state index contributed by atoms with van der Waals surface area (Å²) in [5, 5.41) is 3.45. The summed E-state index contributed by atoms with van der Waals surface area (Å²) in [6, 6.07) is -0.0921. The number of rotatable bonds is 6. The number of halogens is 2. The lowest BCUT2D eigenvalue weighted by Gasteiger charge is -2.37. The van der Waals surface area contributed by atoms with Crippen LogP contribution in [0.3, 0.4) is 0 Å². The maximum Gasteiger partial charge on any atom is 0.302 e. The van der Waals surface area contributed by atoms with Gasteiger partial charge in [0.2, 0.25) is 5.28 Å². The van der Waals surface area contributed by atoms with Crippen LogP contribution in [0.1, 0.15) is 26.2 Å². The molecule has 3 atom stereocenters. The number of methoxy groups -OCH3 is 1. The highest BCUT2D eigenvalue weighted by atomic mass is 79.9. The fourth-order valence-electron chi connectivity index (χ4n) is 2.61. The van der Waals surface area contributed by atoms with Gasteiger partial charge in [-0.05, 0) is 46.8 Å². The standard InChI is InChI=1S/C14H19BrClN3O4/c1-8(20)23-11-5-3-4-10(12(11)22-7-21-2)18-13-9(15)6-17-14(16)19-13/h6,10-12H,3-5,7H2,1-2H3,(H,17,18,19)/t10-,11-,12-/m0/s1. The third-order valence-corrected chi connectivity index (χ3v) is 4.26. The Morgan fingerprint density at radius 3 is 3.00 bits per heavy atom. The van der Waals surface area contributed by atoms with Gasteiger partial charge in [-0.25, -0.2) is 4.98 Å². The number of aromatic nitrogens is 2. The smallest absolute Gasteiger partial charge is 0.302 e. The number of ether oxygens (including phenoxy) is 3. The molecule has 1 aliphatic carbocycles. The van der Waals surface area contributed by atoms with E-state index >= 15 is 0 Å². The van der Waals surface area contributed by atoms with Crippen molar-refractivity contribution in [3.8, 4) is 0 Å². The first-order valence-corrected chi connectivity index (χ1v) is 8.40. The maximum atomic E-state index is 11.3. The molecule has 0 aliphatic heterocycles. The summed E-state index contributed by atoms with van der Waals surface area (Å²) in [4.78, 5) is 19.4. The lowest BCUT2D eigenvalue weighted by molar-refractivity contribution is -0.169. The number of nitrogens with one attached hydrogen (secondary N) is 1. The molecule has 7 nitrogen and oxygen atoms in total. The monoisotopic (exact) mass is 407 g/mol. The lowest BCUT2D eigenvalue weighted by atomic mass is 9.89. The zero-order valence-corrected chi connectivity index (χ0v) is 15.3. The number of hydrogen-bond donors (Lipinski definition) is 1. The fraction of sp³-hybridized carbons (Fsp3) is 0.643. The Bertz CT molecular complexity index is 549. The molecule has 1 aromatic rings. The molecule has 0 spiro atoms. The summed E-state index contributed by atoms with van der Waals surface area (Å²) in [6.45, 7) is 1.51. The van der Waals surface area contributed by atoms with Crippen LogP contribution >= 0.6 is 27.5 Å². The topological polar surface area (TPSA) is 82.6 Å². The van der Waals surface area contributed by atoms with Crippen LogP contribution in [0.2, 0.25) is 5.28 Å². The van der Waals surface area contributed by atoms with E-state index in [0.29, 0.717) is 10.3 Å². The van der Waals surface area contributed by atoms with Crippen molar-refractivity contribution in [3.05, 3.63) is 16.0 Å². The van der Waals surface area contributed by atoms with E-state index in [1.165, 1.54) is 6.92 Å². The van der Waals surface area contributed by atoms with Crippen LogP contribution in [0.4, 0.5) is 5.82 Å². The second-order valence-electron chi connectivity index (χ2n) is 5.20. The van der Waals surface area contributed by atoms with Gasteiger partial charge in [0.05, 0.1) is 10.5 Å². The molecule has 1 heterocycles. The zero-order chi connectivity index (χ0) is 16.8. The van der Waals surface area contributed by atoms with E-state index in [1.807, 2.05) is 0 Å². The minimum absolute atomic E-state index is 0.0921. The van der Waals surface area contributed by atoms with E-state index < -0.39 is 0 Å². The van der Waals surface area contributed by atoms with E-state index in [1.54, 1.807) is 13.3 Å². The average molecular weight is 409 g/mol. The quantitative estimate of drug-likeness (QED) is 0.440. The first-order chi connectivity index (χ1) is 11.0. The maximum absolute atomic E-state index is 11.3. The predicted octanol–water partition coefficient (Wildman–Crippen LogP) is 2.78. The summed E-state index contributed by atoms with van der Waals surface area (Å²) < 4.78 is 16.8. The van der Waals surface area contributed by atoms with Gasteiger partial charge in [-0.3, -0.25) is 4.79 Å². The second-order valence-corrected chi connectivity index (χ2v) is 6.40. The Kier molecular flexibility index (Phi) is 7.01. The third kappa shape index (κ3) is 5.27. The Hall–Kier alpha value is -0.960. The molecule has 1 saturated carbocycles. The number of carbonyl (C=O) groups excluding carboxylic acids is 1. The number of hydrogen-bond acceptors (Lipinski definition) is 7. The summed E-state index contributed by atoms with van der Waals surface area (Å²) in [5.74, 6) is 0.248. The Morgan fingerprint density at radius 2 is 2.30 bits per heavy atom. The summed E-state index contributed by atoms with van der Waals surface area (Å²) in [5.41, 5.74) is 0. The average Bonchev–Trinajstić information content (AvgIpc) is 2.50. The molecular formula is C14H19BrClN3O4. The number of carbonyl (C=O) groups is 1. The van der Waals surface area contributed by atoms with Gasteiger partial charge >= 0.3 is 5.97 Å².